The number of benzene rings is 2. The van der Waals surface area contributed by atoms with Crippen molar-refractivity contribution in [3.05, 3.63) is 47.0 Å². The fourth-order valence-corrected chi connectivity index (χ4v) is 2.40. The van der Waals surface area contributed by atoms with Gasteiger partial charge in [-0.05, 0) is 36.8 Å². The third kappa shape index (κ3) is 3.16. The number of anilines is 1. The van der Waals surface area contributed by atoms with Gasteiger partial charge in [-0.1, -0.05) is 17.7 Å². The summed E-state index contributed by atoms with van der Waals surface area (Å²) in [5.74, 6) is 2.26. The summed E-state index contributed by atoms with van der Waals surface area (Å²) >= 11 is 6.18. The first-order valence-corrected chi connectivity index (χ1v) is 7.19. The molecule has 0 spiro atoms. The molecule has 0 saturated heterocycles. The molecule has 21 heavy (non-hydrogen) atoms. The molecule has 1 heterocycles. The zero-order chi connectivity index (χ0) is 14.7. The minimum atomic E-state index is 0.285. The van der Waals surface area contributed by atoms with Crippen molar-refractivity contribution >= 4 is 17.3 Å². The third-order valence-corrected chi connectivity index (χ3v) is 3.46. The van der Waals surface area contributed by atoms with Gasteiger partial charge < -0.3 is 19.5 Å². The number of fused-ring (bicyclic) bond motifs is 1. The molecule has 0 aliphatic carbocycles. The van der Waals surface area contributed by atoms with E-state index in [4.69, 9.17) is 25.8 Å². The van der Waals surface area contributed by atoms with Gasteiger partial charge >= 0.3 is 0 Å². The number of hydrogen-bond donors (Lipinski definition) is 1. The van der Waals surface area contributed by atoms with Crippen LogP contribution in [0, 0.1) is 0 Å². The van der Waals surface area contributed by atoms with E-state index in [1.54, 1.807) is 0 Å². The van der Waals surface area contributed by atoms with Crippen LogP contribution < -0.4 is 19.5 Å². The van der Waals surface area contributed by atoms with Gasteiger partial charge in [0.05, 0.1) is 11.6 Å². The molecule has 2 aromatic rings. The van der Waals surface area contributed by atoms with Gasteiger partial charge in [-0.15, -0.1) is 0 Å². The summed E-state index contributed by atoms with van der Waals surface area (Å²) in [4.78, 5) is 0. The number of rotatable bonds is 5. The first-order chi connectivity index (χ1) is 10.3. The highest BCUT2D eigenvalue weighted by atomic mass is 35.5. The van der Waals surface area contributed by atoms with E-state index in [1.807, 2.05) is 43.3 Å². The second-order valence-corrected chi connectivity index (χ2v) is 5.03. The minimum Gasteiger partial charge on any atom is -0.492 e. The lowest BCUT2D eigenvalue weighted by molar-refractivity contribution is 0.174. The molecule has 0 aromatic heterocycles. The molecular weight excluding hydrogens is 290 g/mol. The van der Waals surface area contributed by atoms with Gasteiger partial charge in [0.2, 0.25) is 6.79 Å². The Kier molecular flexibility index (Phi) is 4.06. The number of hydrogen-bond acceptors (Lipinski definition) is 4. The van der Waals surface area contributed by atoms with Crippen LogP contribution in [0.1, 0.15) is 12.5 Å². The molecule has 0 radical (unpaired) electrons. The van der Waals surface area contributed by atoms with Crippen molar-refractivity contribution in [2.75, 3.05) is 18.7 Å². The molecule has 0 fully saturated rings. The van der Waals surface area contributed by atoms with E-state index >= 15 is 0 Å². The lowest BCUT2D eigenvalue weighted by atomic mass is 10.2. The monoisotopic (exact) mass is 305 g/mol. The van der Waals surface area contributed by atoms with Crippen LogP contribution in [0.2, 0.25) is 5.02 Å². The molecule has 4 nitrogen and oxygen atoms in total. The lowest BCUT2D eigenvalue weighted by Crippen LogP contribution is -2.00. The van der Waals surface area contributed by atoms with E-state index in [9.17, 15) is 0 Å². The molecule has 110 valence electrons. The zero-order valence-electron chi connectivity index (χ0n) is 11.7. The Morgan fingerprint density at radius 1 is 1.14 bits per heavy atom. The fourth-order valence-electron chi connectivity index (χ4n) is 2.14. The molecule has 1 aliphatic heterocycles. The molecule has 3 rings (SSSR count). The van der Waals surface area contributed by atoms with Gasteiger partial charge in [0.15, 0.2) is 11.5 Å². The topological polar surface area (TPSA) is 39.7 Å². The van der Waals surface area contributed by atoms with Crippen LogP contribution in [0.25, 0.3) is 0 Å². The molecule has 0 unspecified atom stereocenters. The lowest BCUT2D eigenvalue weighted by Gasteiger charge is -2.10. The van der Waals surface area contributed by atoms with Gasteiger partial charge in [0.25, 0.3) is 0 Å². The second-order valence-electron chi connectivity index (χ2n) is 4.62. The van der Waals surface area contributed by atoms with Crippen molar-refractivity contribution in [3.63, 3.8) is 0 Å². The van der Waals surface area contributed by atoms with Gasteiger partial charge in [-0.25, -0.2) is 0 Å². The van der Waals surface area contributed by atoms with Gasteiger partial charge in [-0.3, -0.25) is 0 Å². The van der Waals surface area contributed by atoms with Crippen molar-refractivity contribution in [2.45, 2.75) is 13.5 Å². The van der Waals surface area contributed by atoms with Crippen molar-refractivity contribution in [2.24, 2.45) is 0 Å². The van der Waals surface area contributed by atoms with E-state index in [-0.39, 0.29) is 6.79 Å². The summed E-state index contributed by atoms with van der Waals surface area (Å²) in [5.41, 5.74) is 2.06. The molecule has 0 saturated carbocycles. The first kappa shape index (κ1) is 13.9. The highest BCUT2D eigenvalue weighted by Gasteiger charge is 2.13. The maximum Gasteiger partial charge on any atom is 0.231 e. The van der Waals surface area contributed by atoms with Crippen LogP contribution in [0.15, 0.2) is 36.4 Å². The van der Waals surface area contributed by atoms with Crippen LogP contribution in [0.5, 0.6) is 17.2 Å². The second kappa shape index (κ2) is 6.14. The highest BCUT2D eigenvalue weighted by Crippen LogP contribution is 2.34. The predicted octanol–water partition coefficient (Wildman–Crippen LogP) is 4.08. The largest absolute Gasteiger partial charge is 0.492 e. The Hall–Kier alpha value is -2.07. The Balaban J connectivity index is 1.66. The highest BCUT2D eigenvalue weighted by molar-refractivity contribution is 6.32. The van der Waals surface area contributed by atoms with Crippen LogP contribution in [-0.4, -0.2) is 13.4 Å². The van der Waals surface area contributed by atoms with Crippen molar-refractivity contribution in [3.8, 4) is 17.2 Å². The van der Waals surface area contributed by atoms with Crippen LogP contribution in [-0.2, 0) is 6.54 Å². The fraction of sp³-hybridized carbons (Fsp3) is 0.250. The van der Waals surface area contributed by atoms with Crippen molar-refractivity contribution in [1.29, 1.82) is 0 Å². The van der Waals surface area contributed by atoms with Crippen LogP contribution >= 0.6 is 11.6 Å². The average Bonchev–Trinajstić information content (AvgIpc) is 2.95. The number of nitrogens with one attached hydrogen (secondary N) is 1. The maximum absolute atomic E-state index is 6.18. The van der Waals surface area contributed by atoms with Gasteiger partial charge in [-0.2, -0.15) is 0 Å². The van der Waals surface area contributed by atoms with E-state index < -0.39 is 0 Å². The first-order valence-electron chi connectivity index (χ1n) is 6.81. The molecule has 1 aliphatic rings. The van der Waals surface area contributed by atoms with Crippen LogP contribution in [0.4, 0.5) is 5.69 Å². The Morgan fingerprint density at radius 3 is 2.81 bits per heavy atom. The number of halogens is 1. The smallest absolute Gasteiger partial charge is 0.231 e. The molecule has 1 N–H and O–H groups in total. The summed E-state index contributed by atoms with van der Waals surface area (Å²) in [5, 5.41) is 3.96. The molecule has 5 heteroatoms. The Labute approximate surface area is 128 Å². The normalized spacial score (nSPS) is 12.3. The molecule has 0 amide bonds. The predicted molar refractivity (Wildman–Crippen MR) is 82.5 cm³/mol. The van der Waals surface area contributed by atoms with E-state index in [0.717, 1.165) is 22.7 Å². The van der Waals surface area contributed by atoms with Crippen molar-refractivity contribution < 1.29 is 14.2 Å². The zero-order valence-corrected chi connectivity index (χ0v) is 12.4. The quantitative estimate of drug-likeness (QED) is 0.903. The van der Waals surface area contributed by atoms with Crippen molar-refractivity contribution in [1.82, 2.24) is 0 Å². The maximum atomic E-state index is 6.18. The Morgan fingerprint density at radius 2 is 2.00 bits per heavy atom. The molecular formula is C16H16ClNO3. The molecule has 0 atom stereocenters. The molecule has 2 aromatic carbocycles. The molecule has 0 bridgehead atoms. The summed E-state index contributed by atoms with van der Waals surface area (Å²) in [6.07, 6.45) is 0. The summed E-state index contributed by atoms with van der Waals surface area (Å²) < 4.78 is 16.1. The SMILES string of the molecule is CCOc1ccc(CNc2ccc3c(c2)OCO3)cc1Cl. The third-order valence-electron chi connectivity index (χ3n) is 3.17. The van der Waals surface area contributed by atoms with E-state index in [0.29, 0.717) is 23.9 Å². The van der Waals surface area contributed by atoms with Crippen LogP contribution in [0.3, 0.4) is 0 Å². The van der Waals surface area contributed by atoms with Gasteiger partial charge in [0.1, 0.15) is 5.75 Å². The Bertz CT molecular complexity index is 645. The average molecular weight is 306 g/mol. The summed E-state index contributed by atoms with van der Waals surface area (Å²) in [7, 11) is 0. The summed E-state index contributed by atoms with van der Waals surface area (Å²) in [6.45, 7) is 3.50. The summed E-state index contributed by atoms with van der Waals surface area (Å²) in [6, 6.07) is 11.6. The van der Waals surface area contributed by atoms with E-state index in [2.05, 4.69) is 5.32 Å². The standard InChI is InChI=1S/C16H16ClNO3/c1-2-19-14-5-3-11(7-13(14)17)9-18-12-4-6-15-16(8-12)21-10-20-15/h3-8,18H,2,9-10H2,1H3. The number of ether oxygens (including phenoxy) is 3. The van der Waals surface area contributed by atoms with E-state index in [1.165, 1.54) is 0 Å². The van der Waals surface area contributed by atoms with Gasteiger partial charge in [0, 0.05) is 18.3 Å². The minimum absolute atomic E-state index is 0.285.